The molecule has 3 aromatic rings. The van der Waals surface area contributed by atoms with Gasteiger partial charge in [-0.2, -0.15) is 4.91 Å². The Morgan fingerprint density at radius 3 is 2.21 bits per heavy atom. The lowest BCUT2D eigenvalue weighted by Gasteiger charge is -2.25. The Balaban J connectivity index is 2.13. The van der Waals surface area contributed by atoms with E-state index < -0.39 is 6.04 Å². The molecule has 0 unspecified atom stereocenters. The average Bonchev–Trinajstić information content (AvgIpc) is 2.80. The van der Waals surface area contributed by atoms with Gasteiger partial charge < -0.3 is 4.90 Å². The molecular weight excluding hydrogens is 500 g/mol. The van der Waals surface area contributed by atoms with Crippen LogP contribution in [0.5, 0.6) is 0 Å². The molecule has 8 heteroatoms. The van der Waals surface area contributed by atoms with E-state index >= 15 is 0 Å². The first-order valence-corrected chi connectivity index (χ1v) is 12.7. The maximum Gasteiger partial charge on any atom is 0.130 e. The highest BCUT2D eigenvalue weighted by atomic mass is 35.5. The molecule has 176 valence electrons. The van der Waals surface area contributed by atoms with Crippen molar-refractivity contribution in [3.63, 3.8) is 0 Å². The fourth-order valence-corrected chi connectivity index (χ4v) is 4.68. The molecule has 0 spiro atoms. The van der Waals surface area contributed by atoms with Crippen LogP contribution in [0, 0.1) is 4.91 Å². The van der Waals surface area contributed by atoms with E-state index in [1.54, 1.807) is 24.3 Å². The zero-order valence-electron chi connectivity index (χ0n) is 18.8. The number of rotatable bonds is 11. The number of nitrogens with zero attached hydrogens (tertiary/aromatic N) is 3. The van der Waals surface area contributed by atoms with Crippen LogP contribution in [-0.2, 0) is 0 Å². The predicted octanol–water partition coefficient (Wildman–Crippen LogP) is 9.23. The molecule has 0 N–H and O–H groups in total. The van der Waals surface area contributed by atoms with Gasteiger partial charge in [0.15, 0.2) is 0 Å². The van der Waals surface area contributed by atoms with Crippen molar-refractivity contribution in [2.45, 2.75) is 45.6 Å². The molecule has 2 aromatic carbocycles. The zero-order valence-corrected chi connectivity index (χ0v) is 21.8. The molecule has 0 amide bonds. The first-order valence-electron chi connectivity index (χ1n) is 11.2. The van der Waals surface area contributed by atoms with Crippen LogP contribution in [0.1, 0.15) is 51.1 Å². The minimum absolute atomic E-state index is 0.416. The van der Waals surface area contributed by atoms with Crippen LogP contribution in [0.2, 0.25) is 20.1 Å². The van der Waals surface area contributed by atoms with Crippen LogP contribution < -0.4 is 0 Å². The van der Waals surface area contributed by atoms with Crippen LogP contribution in [0.4, 0.5) is 0 Å². The Bertz CT molecular complexity index is 1110. The molecule has 33 heavy (non-hydrogen) atoms. The fraction of sp³-hybridized carbons (Fsp3) is 0.400. The lowest BCUT2D eigenvalue weighted by Crippen LogP contribution is -2.30. The van der Waals surface area contributed by atoms with Gasteiger partial charge in [-0.25, -0.2) is 4.98 Å². The fourth-order valence-electron chi connectivity index (χ4n) is 3.85. The van der Waals surface area contributed by atoms with Gasteiger partial charge in [0, 0.05) is 22.5 Å². The third-order valence-corrected chi connectivity index (χ3v) is 6.90. The number of hydrogen-bond acceptors (Lipinski definition) is 4. The van der Waals surface area contributed by atoms with Crippen molar-refractivity contribution in [3.8, 4) is 11.3 Å². The van der Waals surface area contributed by atoms with Crippen LogP contribution >= 0.6 is 46.4 Å². The molecule has 0 aliphatic carbocycles. The molecule has 0 aliphatic heterocycles. The summed E-state index contributed by atoms with van der Waals surface area (Å²) in [4.78, 5) is 19.2. The summed E-state index contributed by atoms with van der Waals surface area (Å²) in [6.45, 7) is 6.70. The zero-order chi connectivity index (χ0) is 24.0. The van der Waals surface area contributed by atoms with Crippen molar-refractivity contribution in [2.75, 3.05) is 19.6 Å². The van der Waals surface area contributed by atoms with Crippen molar-refractivity contribution in [1.82, 2.24) is 9.88 Å². The van der Waals surface area contributed by atoms with Gasteiger partial charge in [0.1, 0.15) is 6.04 Å². The molecular formula is C25H27Cl4N3O. The number of pyridine rings is 1. The van der Waals surface area contributed by atoms with Gasteiger partial charge in [0.25, 0.3) is 0 Å². The average molecular weight is 527 g/mol. The largest absolute Gasteiger partial charge is 0.301 e. The Morgan fingerprint density at radius 2 is 1.61 bits per heavy atom. The molecule has 0 aliphatic rings. The number of benzene rings is 2. The second kappa shape index (κ2) is 12.3. The van der Waals surface area contributed by atoms with E-state index in [0.29, 0.717) is 37.8 Å². The summed E-state index contributed by atoms with van der Waals surface area (Å²) in [5.74, 6) is 0. The van der Waals surface area contributed by atoms with E-state index in [0.717, 1.165) is 55.3 Å². The molecule has 1 heterocycles. The van der Waals surface area contributed by atoms with Gasteiger partial charge >= 0.3 is 0 Å². The summed E-state index contributed by atoms with van der Waals surface area (Å²) < 4.78 is 0. The van der Waals surface area contributed by atoms with Gasteiger partial charge in [-0.05, 0) is 61.8 Å². The minimum Gasteiger partial charge on any atom is -0.301 e. The molecule has 1 atom stereocenters. The summed E-state index contributed by atoms with van der Waals surface area (Å²) in [6.07, 6.45) is 4.32. The van der Waals surface area contributed by atoms with E-state index in [9.17, 15) is 4.91 Å². The smallest absolute Gasteiger partial charge is 0.130 e. The first kappa shape index (κ1) is 26.2. The number of unbranched alkanes of at least 4 members (excludes halogenated alkanes) is 2. The predicted molar refractivity (Wildman–Crippen MR) is 142 cm³/mol. The SMILES string of the molecule is CCCCN(CCCC)C[C@@H](N=O)c1cc(-c2ccc(Cl)c(Cl)c2)nc2c(Cl)cc(Cl)cc12. The number of aromatic nitrogens is 1. The quantitative estimate of drug-likeness (QED) is 0.234. The van der Waals surface area contributed by atoms with Crippen LogP contribution in [0.15, 0.2) is 41.6 Å². The molecule has 0 saturated carbocycles. The summed E-state index contributed by atoms with van der Waals surface area (Å²) in [5.41, 5.74) is 2.74. The number of fused-ring (bicyclic) bond motifs is 1. The van der Waals surface area contributed by atoms with Gasteiger partial charge in [0.2, 0.25) is 0 Å². The van der Waals surface area contributed by atoms with E-state index in [2.05, 4.69) is 23.9 Å². The second-order valence-corrected chi connectivity index (χ2v) is 9.80. The van der Waals surface area contributed by atoms with Gasteiger partial charge in [-0.1, -0.05) is 84.3 Å². The van der Waals surface area contributed by atoms with Gasteiger partial charge in [0.05, 0.1) is 26.3 Å². The van der Waals surface area contributed by atoms with Crippen molar-refractivity contribution >= 4 is 57.3 Å². The number of hydrogen-bond donors (Lipinski definition) is 0. The lowest BCUT2D eigenvalue weighted by molar-refractivity contribution is 0.250. The van der Waals surface area contributed by atoms with Crippen molar-refractivity contribution in [1.29, 1.82) is 0 Å². The first-order chi connectivity index (χ1) is 15.9. The normalized spacial score (nSPS) is 12.5. The van der Waals surface area contributed by atoms with E-state index in [1.807, 2.05) is 12.1 Å². The topological polar surface area (TPSA) is 45.6 Å². The molecule has 0 fully saturated rings. The summed E-state index contributed by atoms with van der Waals surface area (Å²) >= 11 is 25.2. The number of halogens is 4. The van der Waals surface area contributed by atoms with Crippen LogP contribution in [0.3, 0.4) is 0 Å². The monoisotopic (exact) mass is 525 g/mol. The Kier molecular flexibility index (Phi) is 9.78. The van der Waals surface area contributed by atoms with Gasteiger partial charge in [-0.3, -0.25) is 0 Å². The van der Waals surface area contributed by atoms with Crippen molar-refractivity contribution in [3.05, 3.63) is 67.0 Å². The maximum absolute atomic E-state index is 12.1. The summed E-state index contributed by atoms with van der Waals surface area (Å²) in [7, 11) is 0. The minimum atomic E-state index is -0.597. The van der Waals surface area contributed by atoms with Crippen molar-refractivity contribution in [2.24, 2.45) is 5.18 Å². The third-order valence-electron chi connectivity index (χ3n) is 5.65. The summed E-state index contributed by atoms with van der Waals surface area (Å²) in [5, 5.41) is 6.05. The van der Waals surface area contributed by atoms with Crippen molar-refractivity contribution < 1.29 is 0 Å². The third kappa shape index (κ3) is 6.58. The second-order valence-electron chi connectivity index (χ2n) is 8.14. The molecule has 3 rings (SSSR count). The maximum atomic E-state index is 12.1. The molecule has 0 radical (unpaired) electrons. The van der Waals surface area contributed by atoms with Crippen LogP contribution in [0.25, 0.3) is 22.2 Å². The highest BCUT2D eigenvalue weighted by molar-refractivity contribution is 6.42. The highest BCUT2D eigenvalue weighted by Gasteiger charge is 2.22. The Morgan fingerprint density at radius 1 is 0.909 bits per heavy atom. The molecule has 4 nitrogen and oxygen atoms in total. The lowest BCUT2D eigenvalue weighted by atomic mass is 9.98. The van der Waals surface area contributed by atoms with E-state index in [1.165, 1.54) is 0 Å². The van der Waals surface area contributed by atoms with Crippen LogP contribution in [-0.4, -0.2) is 29.5 Å². The molecule has 0 bridgehead atoms. The number of nitroso groups, excluding NO2 is 1. The molecule has 0 saturated heterocycles. The Hall–Kier alpha value is -1.43. The van der Waals surface area contributed by atoms with Gasteiger partial charge in [-0.15, -0.1) is 0 Å². The van der Waals surface area contributed by atoms with E-state index in [-0.39, 0.29) is 0 Å². The molecule has 1 aromatic heterocycles. The van der Waals surface area contributed by atoms with E-state index in [4.69, 9.17) is 51.4 Å². The standard InChI is InChI=1S/C25H27Cl4N3O/c1-3-5-9-32(10-6-4-2)15-24(31-33)18-14-23(16-7-8-20(27)21(28)11-16)30-25-19(18)12-17(26)13-22(25)29/h7-8,11-14,24H,3-6,9-10,15H2,1-2H3/t24-/m1/s1. The Labute approximate surface area is 215 Å². The summed E-state index contributed by atoms with van der Waals surface area (Å²) in [6, 6.07) is 10.1. The highest BCUT2D eigenvalue weighted by Crippen LogP contribution is 2.37.